The van der Waals surface area contributed by atoms with Gasteiger partial charge in [-0.1, -0.05) is 42.4 Å². The summed E-state index contributed by atoms with van der Waals surface area (Å²) in [7, 11) is -3.72. The average Bonchev–Trinajstić information content (AvgIpc) is 3.15. The molecule has 0 aliphatic rings. The Balaban J connectivity index is 1.71. The minimum Gasteiger partial charge on any atom is -0.345 e. The molecule has 5 nitrogen and oxygen atoms in total. The summed E-state index contributed by atoms with van der Waals surface area (Å²) in [6.07, 6.45) is 3.68. The van der Waals surface area contributed by atoms with E-state index in [-0.39, 0.29) is 16.3 Å². The number of halogens is 3. The number of nitrogens with zero attached hydrogens (tertiary/aromatic N) is 1. The first-order valence-corrected chi connectivity index (χ1v) is 12.5. The Morgan fingerprint density at radius 2 is 1.88 bits per heavy atom. The summed E-state index contributed by atoms with van der Waals surface area (Å²) in [5, 5.41) is 1.29. The third kappa shape index (κ3) is 4.74. The van der Waals surface area contributed by atoms with Gasteiger partial charge >= 0.3 is 0 Å². The van der Waals surface area contributed by atoms with Gasteiger partial charge in [-0.2, -0.15) is 0 Å². The van der Waals surface area contributed by atoms with E-state index in [1.54, 1.807) is 31.5 Å². The fourth-order valence-electron chi connectivity index (χ4n) is 3.17. The molecule has 0 amide bonds. The lowest BCUT2D eigenvalue weighted by molar-refractivity contribution is 0.543. The smallest absolute Gasteiger partial charge is 0.232 e. The third-order valence-electron chi connectivity index (χ3n) is 4.67. The summed E-state index contributed by atoms with van der Waals surface area (Å²) in [6.45, 7) is 1.70. The Kier molecular flexibility index (Phi) is 6.41. The lowest BCUT2D eigenvalue weighted by Gasteiger charge is -2.11. The van der Waals surface area contributed by atoms with Crippen LogP contribution in [-0.2, 0) is 10.0 Å². The highest BCUT2D eigenvalue weighted by atomic mass is 35.5. The van der Waals surface area contributed by atoms with Crippen molar-refractivity contribution in [3.8, 4) is 11.1 Å². The van der Waals surface area contributed by atoms with Crippen LogP contribution in [-0.4, -0.2) is 24.1 Å². The molecule has 4 aromatic rings. The van der Waals surface area contributed by atoms with Crippen molar-refractivity contribution in [1.29, 1.82) is 0 Å². The lowest BCUT2D eigenvalue weighted by atomic mass is 10.1. The number of H-pyrrole nitrogens is 1. The second-order valence-corrected chi connectivity index (χ2v) is 10.4. The van der Waals surface area contributed by atoms with Crippen LogP contribution in [0, 0.1) is 11.6 Å². The molecule has 0 fully saturated rings. The summed E-state index contributed by atoms with van der Waals surface area (Å²) in [5.74, 6) is -1.92. The van der Waals surface area contributed by atoms with Crippen molar-refractivity contribution in [2.45, 2.75) is 23.1 Å². The van der Waals surface area contributed by atoms with Crippen LogP contribution in [0.25, 0.3) is 22.2 Å². The van der Waals surface area contributed by atoms with E-state index in [1.165, 1.54) is 0 Å². The SMILES string of the molecule is CCCS(=O)(=O)Nc1ccc(F)c(Sc2c[nH]c3ncc(-c4ccc(Cl)cc4)cc23)c1F. The number of rotatable bonds is 7. The number of benzene rings is 2. The van der Waals surface area contributed by atoms with Crippen LogP contribution >= 0.6 is 23.4 Å². The second kappa shape index (κ2) is 9.09. The van der Waals surface area contributed by atoms with Crippen molar-refractivity contribution in [2.24, 2.45) is 0 Å². The average molecular weight is 494 g/mol. The van der Waals surface area contributed by atoms with Crippen LogP contribution in [0.3, 0.4) is 0 Å². The molecule has 0 saturated carbocycles. The van der Waals surface area contributed by atoms with Crippen molar-refractivity contribution in [3.63, 3.8) is 0 Å². The predicted octanol–water partition coefficient (Wildman–Crippen LogP) is 6.46. The Bertz CT molecular complexity index is 1390. The van der Waals surface area contributed by atoms with Crippen molar-refractivity contribution >= 4 is 50.1 Å². The highest BCUT2D eigenvalue weighted by Gasteiger charge is 2.20. The molecule has 0 spiro atoms. The number of hydrogen-bond donors (Lipinski definition) is 2. The summed E-state index contributed by atoms with van der Waals surface area (Å²) < 4.78 is 55.8. The normalized spacial score (nSPS) is 11.8. The molecule has 0 aliphatic heterocycles. The maximum absolute atomic E-state index is 15.1. The maximum atomic E-state index is 15.1. The Labute approximate surface area is 193 Å². The monoisotopic (exact) mass is 493 g/mol. The van der Waals surface area contributed by atoms with Crippen LogP contribution in [0.15, 0.2) is 64.6 Å². The van der Waals surface area contributed by atoms with Crippen LogP contribution in [0.4, 0.5) is 14.5 Å². The van der Waals surface area contributed by atoms with Gasteiger partial charge in [0.05, 0.1) is 16.3 Å². The molecule has 4 rings (SSSR count). The first kappa shape index (κ1) is 22.6. The van der Waals surface area contributed by atoms with Gasteiger partial charge < -0.3 is 4.98 Å². The van der Waals surface area contributed by atoms with E-state index in [0.717, 1.165) is 35.0 Å². The van der Waals surface area contributed by atoms with E-state index < -0.39 is 21.7 Å². The van der Waals surface area contributed by atoms with Gasteiger partial charge in [0.25, 0.3) is 0 Å². The number of hydrogen-bond acceptors (Lipinski definition) is 4. The van der Waals surface area contributed by atoms with Crippen LogP contribution in [0.2, 0.25) is 5.02 Å². The molecule has 2 heterocycles. The van der Waals surface area contributed by atoms with Gasteiger partial charge in [-0.05, 0) is 42.3 Å². The number of fused-ring (bicyclic) bond motifs is 1. The van der Waals surface area contributed by atoms with Crippen molar-refractivity contribution < 1.29 is 17.2 Å². The van der Waals surface area contributed by atoms with Gasteiger partial charge in [0, 0.05) is 33.3 Å². The van der Waals surface area contributed by atoms with Gasteiger partial charge in [-0.3, -0.25) is 4.72 Å². The molecular weight excluding hydrogens is 476 g/mol. The lowest BCUT2D eigenvalue weighted by Crippen LogP contribution is -2.17. The van der Waals surface area contributed by atoms with Gasteiger partial charge in [0.1, 0.15) is 11.5 Å². The zero-order chi connectivity index (χ0) is 22.9. The van der Waals surface area contributed by atoms with E-state index in [1.807, 2.05) is 18.2 Å². The Morgan fingerprint density at radius 1 is 1.12 bits per heavy atom. The van der Waals surface area contributed by atoms with E-state index in [0.29, 0.717) is 27.4 Å². The topological polar surface area (TPSA) is 74.8 Å². The Morgan fingerprint density at radius 3 is 2.59 bits per heavy atom. The highest BCUT2D eigenvalue weighted by Crippen LogP contribution is 2.39. The number of pyridine rings is 1. The fourth-order valence-corrected chi connectivity index (χ4v) is 5.39. The first-order valence-electron chi connectivity index (χ1n) is 9.67. The minimum absolute atomic E-state index is 0.159. The van der Waals surface area contributed by atoms with Crippen molar-refractivity contribution in [3.05, 3.63) is 71.5 Å². The van der Waals surface area contributed by atoms with Gasteiger partial charge in [-0.25, -0.2) is 22.2 Å². The quantitative estimate of drug-likeness (QED) is 0.309. The van der Waals surface area contributed by atoms with E-state index in [4.69, 9.17) is 11.6 Å². The third-order valence-corrected chi connectivity index (χ3v) is 7.53. The Hall–Kier alpha value is -2.62. The second-order valence-electron chi connectivity index (χ2n) is 7.04. The molecule has 10 heteroatoms. The number of aromatic amines is 1. The molecule has 32 heavy (non-hydrogen) atoms. The van der Waals surface area contributed by atoms with Gasteiger partial charge in [-0.15, -0.1) is 0 Å². The molecule has 0 saturated heterocycles. The molecule has 166 valence electrons. The molecular formula is C22H18ClF2N3O2S2. The maximum Gasteiger partial charge on any atom is 0.232 e. The zero-order valence-electron chi connectivity index (χ0n) is 16.8. The largest absolute Gasteiger partial charge is 0.345 e. The number of sulfonamides is 1. The number of anilines is 1. The molecule has 0 unspecified atom stereocenters. The molecule has 0 aliphatic carbocycles. The molecule has 2 aromatic heterocycles. The summed E-state index contributed by atoms with van der Waals surface area (Å²) in [4.78, 5) is 7.63. The molecule has 2 aromatic carbocycles. The van der Waals surface area contributed by atoms with E-state index in [2.05, 4.69) is 14.7 Å². The van der Waals surface area contributed by atoms with Crippen LogP contribution < -0.4 is 4.72 Å². The fraction of sp³-hybridized carbons (Fsp3) is 0.136. The minimum atomic E-state index is -3.72. The van der Waals surface area contributed by atoms with Gasteiger partial charge in [0.15, 0.2) is 5.82 Å². The molecule has 0 radical (unpaired) electrons. The summed E-state index contributed by atoms with van der Waals surface area (Å²) >= 11 is 6.81. The van der Waals surface area contributed by atoms with E-state index >= 15 is 4.39 Å². The van der Waals surface area contributed by atoms with E-state index in [9.17, 15) is 12.8 Å². The van der Waals surface area contributed by atoms with Crippen LogP contribution in [0.5, 0.6) is 0 Å². The summed E-state index contributed by atoms with van der Waals surface area (Å²) in [6, 6.07) is 11.2. The standard InChI is InChI=1S/C22H18ClF2N3O2S2/c1-2-9-32(29,30)28-18-8-7-17(24)21(20(18)25)31-19-12-27-22-16(19)10-14(11-26-22)13-3-5-15(23)6-4-13/h3-8,10-12,28H,2,9H2,1H3,(H,26,27). The van der Waals surface area contributed by atoms with Gasteiger partial charge in [0.2, 0.25) is 10.0 Å². The molecule has 0 atom stereocenters. The number of nitrogens with one attached hydrogen (secondary N) is 2. The predicted molar refractivity (Wildman–Crippen MR) is 125 cm³/mol. The van der Waals surface area contributed by atoms with Crippen LogP contribution in [0.1, 0.15) is 13.3 Å². The highest BCUT2D eigenvalue weighted by molar-refractivity contribution is 7.99. The summed E-state index contributed by atoms with van der Waals surface area (Å²) in [5.41, 5.74) is 1.98. The molecule has 2 N–H and O–H groups in total. The van der Waals surface area contributed by atoms with Crippen molar-refractivity contribution in [2.75, 3.05) is 10.5 Å². The van der Waals surface area contributed by atoms with Crippen molar-refractivity contribution in [1.82, 2.24) is 9.97 Å². The zero-order valence-corrected chi connectivity index (χ0v) is 19.2. The first-order chi connectivity index (χ1) is 15.3. The molecule has 0 bridgehead atoms. The number of aromatic nitrogens is 2.